The van der Waals surface area contributed by atoms with Crippen molar-refractivity contribution >= 4 is 6.09 Å². The zero-order valence-electron chi connectivity index (χ0n) is 20.5. The van der Waals surface area contributed by atoms with E-state index in [1.54, 1.807) is 0 Å². The molecule has 5 saturated carbocycles. The first kappa shape index (κ1) is 21.7. The summed E-state index contributed by atoms with van der Waals surface area (Å²) in [6.45, 7) is 7.86. The second kappa shape index (κ2) is 6.87. The fourth-order valence-electron chi connectivity index (χ4n) is 10.7. The molecule has 2 N–H and O–H groups in total. The highest BCUT2D eigenvalue weighted by Crippen LogP contribution is 2.87. The fraction of sp³-hybridized carbons (Fsp3) is 0.963. The predicted molar refractivity (Wildman–Crippen MR) is 122 cm³/mol. The van der Waals surface area contributed by atoms with E-state index >= 15 is 0 Å². The van der Waals surface area contributed by atoms with Gasteiger partial charge in [-0.05, 0) is 110 Å². The molecule has 1 heterocycles. The molecule has 1 aliphatic heterocycles. The number of rotatable bonds is 2. The van der Waals surface area contributed by atoms with E-state index in [1.165, 1.54) is 58.5 Å². The Hall–Kier alpha value is -0.810. The summed E-state index contributed by atoms with van der Waals surface area (Å²) in [6.07, 6.45) is 12.6. The third-order valence-electron chi connectivity index (χ3n) is 12.3. The molecule has 5 heteroatoms. The molecule has 0 radical (unpaired) electrons. The summed E-state index contributed by atoms with van der Waals surface area (Å²) in [5.74, 6) is 3.02. The first-order valence-electron chi connectivity index (χ1n) is 13.3. The van der Waals surface area contributed by atoms with Crippen LogP contribution in [-0.2, 0) is 9.47 Å². The van der Waals surface area contributed by atoms with Crippen molar-refractivity contribution in [3.05, 3.63) is 0 Å². The number of hydrogen-bond acceptors (Lipinski definition) is 4. The molecule has 5 nitrogen and oxygen atoms in total. The third kappa shape index (κ3) is 2.61. The first-order chi connectivity index (χ1) is 15.2. The van der Waals surface area contributed by atoms with Crippen LogP contribution >= 0.6 is 0 Å². The number of amides is 1. The molecule has 6 rings (SSSR count). The number of carbonyl (C=O) groups excluding carboxylic acids is 1. The van der Waals surface area contributed by atoms with E-state index in [1.807, 2.05) is 0 Å². The van der Waals surface area contributed by atoms with Gasteiger partial charge in [0.1, 0.15) is 0 Å². The minimum atomic E-state index is -0.360. The molecule has 0 bridgehead atoms. The summed E-state index contributed by atoms with van der Waals surface area (Å²) in [5.41, 5.74) is 1.56. The Morgan fingerprint density at radius 2 is 1.78 bits per heavy atom. The van der Waals surface area contributed by atoms with Crippen LogP contribution in [0.15, 0.2) is 0 Å². The highest BCUT2D eigenvalue weighted by molar-refractivity contribution is 5.66. The van der Waals surface area contributed by atoms with Gasteiger partial charge in [0.2, 0.25) is 0 Å². The van der Waals surface area contributed by atoms with Gasteiger partial charge in [0, 0.05) is 6.54 Å². The van der Waals surface area contributed by atoms with Gasteiger partial charge in [-0.3, -0.25) is 0 Å². The van der Waals surface area contributed by atoms with E-state index in [-0.39, 0.29) is 23.7 Å². The predicted octanol–water partition coefficient (Wildman–Crippen LogP) is 4.91. The lowest BCUT2D eigenvalue weighted by atomic mass is 9.46. The molecular weight excluding hydrogens is 402 g/mol. The van der Waals surface area contributed by atoms with Gasteiger partial charge in [-0.2, -0.15) is 0 Å². The van der Waals surface area contributed by atoms with Crippen molar-refractivity contribution < 1.29 is 19.4 Å². The van der Waals surface area contributed by atoms with E-state index < -0.39 is 0 Å². The average molecular weight is 446 g/mol. The van der Waals surface area contributed by atoms with Crippen LogP contribution in [0.4, 0.5) is 4.79 Å². The van der Waals surface area contributed by atoms with Crippen LogP contribution in [0.3, 0.4) is 0 Å². The zero-order valence-corrected chi connectivity index (χ0v) is 20.5. The molecule has 0 aromatic heterocycles. The lowest BCUT2D eigenvalue weighted by Gasteiger charge is -2.59. The van der Waals surface area contributed by atoms with Crippen molar-refractivity contribution in [3.63, 3.8) is 0 Å². The van der Waals surface area contributed by atoms with Crippen LogP contribution in [0.25, 0.3) is 0 Å². The second-order valence-electron chi connectivity index (χ2n) is 13.3. The first-order valence-corrected chi connectivity index (χ1v) is 13.3. The Balaban J connectivity index is 1.21. The number of nitrogens with one attached hydrogen (secondary N) is 1. The van der Waals surface area contributed by atoms with E-state index in [0.29, 0.717) is 40.7 Å². The van der Waals surface area contributed by atoms with Crippen LogP contribution in [0.2, 0.25) is 0 Å². The second-order valence-corrected chi connectivity index (χ2v) is 13.3. The van der Waals surface area contributed by atoms with Crippen LogP contribution in [0.5, 0.6) is 0 Å². The topological polar surface area (TPSA) is 67.8 Å². The maximum Gasteiger partial charge on any atom is 0.406 e. The molecule has 6 aliphatic rings. The quantitative estimate of drug-likeness (QED) is 0.634. The highest BCUT2D eigenvalue weighted by Gasteiger charge is 2.80. The van der Waals surface area contributed by atoms with Crippen LogP contribution in [-0.4, -0.2) is 43.2 Å². The maximum atomic E-state index is 11.5. The number of alkyl carbamates (subject to hydrolysis) is 1. The van der Waals surface area contributed by atoms with Gasteiger partial charge in [0.15, 0.2) is 0 Å². The van der Waals surface area contributed by atoms with Crippen molar-refractivity contribution in [2.75, 3.05) is 13.7 Å². The normalized spacial score (nSPS) is 54.8. The van der Waals surface area contributed by atoms with Crippen molar-refractivity contribution in [1.29, 1.82) is 0 Å². The summed E-state index contributed by atoms with van der Waals surface area (Å²) >= 11 is 0. The molecule has 2 spiro atoms. The summed E-state index contributed by atoms with van der Waals surface area (Å²) in [5, 5.41) is 13.6. The molecule has 6 fully saturated rings. The molecule has 5 aliphatic carbocycles. The Morgan fingerprint density at radius 3 is 2.56 bits per heavy atom. The van der Waals surface area contributed by atoms with Crippen molar-refractivity contribution in [3.8, 4) is 0 Å². The molecule has 10 atom stereocenters. The van der Waals surface area contributed by atoms with Crippen molar-refractivity contribution in [2.24, 2.45) is 45.3 Å². The van der Waals surface area contributed by atoms with Crippen molar-refractivity contribution in [1.82, 2.24) is 5.32 Å². The SMILES string of the molecule is COC(=O)NCC1CC[C@H]2C(CC3C4CC[C@H]5C(C)(C)[C@@H](O)CCC56C[C@@]46CCC32C)O1. The van der Waals surface area contributed by atoms with E-state index in [9.17, 15) is 9.90 Å². The Morgan fingerprint density at radius 1 is 1.00 bits per heavy atom. The standard InChI is InChI=1S/C27H43NO4/c1-24(2)21-8-7-17-19-13-20-18(6-5-16(32-20)14-28-23(30)31-4)25(19,3)11-12-26(17)15-27(21,26)10-9-22(24)29/h16-22,29H,5-15H2,1-4H3,(H,28,30)/t16?,17?,18-,19?,20?,21-,22-,25?,26-,27?/m0/s1. The number of fused-ring (bicyclic) bond motifs is 4. The van der Waals surface area contributed by atoms with E-state index in [2.05, 4.69) is 26.1 Å². The summed E-state index contributed by atoms with van der Waals surface area (Å²) in [6, 6.07) is 0. The Kier molecular flexibility index (Phi) is 4.66. The number of aliphatic hydroxyl groups excluding tert-OH is 1. The summed E-state index contributed by atoms with van der Waals surface area (Å²) in [4.78, 5) is 11.5. The van der Waals surface area contributed by atoms with E-state index in [0.717, 1.165) is 24.7 Å². The number of carbonyl (C=O) groups is 1. The Bertz CT molecular complexity index is 799. The van der Waals surface area contributed by atoms with Crippen molar-refractivity contribution in [2.45, 2.75) is 103 Å². The van der Waals surface area contributed by atoms with Gasteiger partial charge >= 0.3 is 6.09 Å². The zero-order chi connectivity index (χ0) is 22.5. The number of hydrogen-bond donors (Lipinski definition) is 2. The van der Waals surface area contributed by atoms with Gasteiger partial charge in [0.05, 0.1) is 25.4 Å². The number of aliphatic hydroxyl groups is 1. The highest BCUT2D eigenvalue weighted by atomic mass is 16.5. The number of methoxy groups -OCH3 is 1. The smallest absolute Gasteiger partial charge is 0.406 e. The lowest BCUT2D eigenvalue weighted by molar-refractivity contribution is -0.134. The largest absolute Gasteiger partial charge is 0.453 e. The molecule has 0 aromatic carbocycles. The third-order valence-corrected chi connectivity index (χ3v) is 12.3. The molecule has 1 amide bonds. The minimum absolute atomic E-state index is 0.0695. The molecule has 32 heavy (non-hydrogen) atoms. The Labute approximate surface area is 193 Å². The van der Waals surface area contributed by atoms with Crippen LogP contribution < -0.4 is 5.32 Å². The van der Waals surface area contributed by atoms with Gasteiger partial charge < -0.3 is 19.9 Å². The summed E-state index contributed by atoms with van der Waals surface area (Å²) < 4.78 is 11.4. The fourth-order valence-corrected chi connectivity index (χ4v) is 10.7. The monoisotopic (exact) mass is 445 g/mol. The average Bonchev–Trinajstić information content (AvgIpc) is 3.35. The molecule has 180 valence electrons. The van der Waals surface area contributed by atoms with Gasteiger partial charge in [-0.15, -0.1) is 0 Å². The molecular formula is C27H43NO4. The van der Waals surface area contributed by atoms with Crippen LogP contribution in [0, 0.1) is 45.3 Å². The molecule has 6 unspecified atom stereocenters. The molecule has 1 saturated heterocycles. The molecule has 0 aromatic rings. The lowest BCUT2D eigenvalue weighted by Crippen LogP contribution is -2.54. The van der Waals surface area contributed by atoms with Gasteiger partial charge in [-0.25, -0.2) is 4.79 Å². The van der Waals surface area contributed by atoms with E-state index in [4.69, 9.17) is 9.47 Å². The van der Waals surface area contributed by atoms with Crippen LogP contribution in [0.1, 0.15) is 85.0 Å². The maximum absolute atomic E-state index is 11.5. The number of ether oxygens (including phenoxy) is 2. The van der Waals surface area contributed by atoms with Gasteiger partial charge in [0.25, 0.3) is 0 Å². The summed E-state index contributed by atoms with van der Waals surface area (Å²) in [7, 11) is 1.42. The minimum Gasteiger partial charge on any atom is -0.453 e. The van der Waals surface area contributed by atoms with Gasteiger partial charge in [-0.1, -0.05) is 20.8 Å².